The molecule has 2 aliphatic heterocycles. The number of hydrogen-bond donors (Lipinski definition) is 0. The zero-order chi connectivity index (χ0) is 32.6. The summed E-state index contributed by atoms with van der Waals surface area (Å²) in [6.45, 7) is 0. The van der Waals surface area contributed by atoms with Gasteiger partial charge in [-0.3, -0.25) is 0 Å². The zero-order valence-electron chi connectivity index (χ0n) is 27.0. The van der Waals surface area contributed by atoms with E-state index in [2.05, 4.69) is 179 Å². The molecule has 0 fully saturated rings. The van der Waals surface area contributed by atoms with E-state index in [9.17, 15) is 0 Å². The highest BCUT2D eigenvalue weighted by atomic mass is 32.2. The predicted molar refractivity (Wildman–Crippen MR) is 209 cm³/mol. The van der Waals surface area contributed by atoms with E-state index in [-0.39, 0.29) is 0 Å². The Bertz CT molecular complexity index is 3090. The Morgan fingerprint density at radius 2 is 1.10 bits per heavy atom. The summed E-state index contributed by atoms with van der Waals surface area (Å²) in [7, 11) is 0. The molecule has 0 saturated heterocycles. The van der Waals surface area contributed by atoms with Gasteiger partial charge >= 0.3 is 0 Å². The van der Waals surface area contributed by atoms with E-state index in [1.807, 2.05) is 11.8 Å². The number of nitrogens with zero attached hydrogens (tertiary/aromatic N) is 2. The van der Waals surface area contributed by atoms with Crippen LogP contribution in [0, 0.1) is 0 Å². The number of fused-ring (bicyclic) bond motifs is 16. The first kappa shape index (κ1) is 26.9. The van der Waals surface area contributed by atoms with Crippen molar-refractivity contribution in [2.45, 2.75) is 15.2 Å². The molecule has 50 heavy (non-hydrogen) atoms. The van der Waals surface area contributed by atoms with Crippen molar-refractivity contribution >= 4 is 66.1 Å². The van der Waals surface area contributed by atoms with Gasteiger partial charge in [0, 0.05) is 37.0 Å². The van der Waals surface area contributed by atoms with Crippen molar-refractivity contribution in [3.8, 4) is 11.4 Å². The van der Waals surface area contributed by atoms with Crippen LogP contribution in [0.2, 0.25) is 0 Å². The van der Waals surface area contributed by atoms with Gasteiger partial charge in [-0.15, -0.1) is 0 Å². The fraction of sp³-hybridized carbons (Fsp3) is 0.0213. The second-order valence-corrected chi connectivity index (χ2v) is 14.7. The van der Waals surface area contributed by atoms with Gasteiger partial charge in [-0.1, -0.05) is 139 Å². The minimum Gasteiger partial charge on any atom is -0.309 e. The van der Waals surface area contributed by atoms with Crippen molar-refractivity contribution < 1.29 is 0 Å². The molecule has 232 valence electrons. The third-order valence-corrected chi connectivity index (χ3v) is 12.5. The average Bonchev–Trinajstić information content (AvgIpc) is 3.70. The van der Waals surface area contributed by atoms with Gasteiger partial charge in [0.05, 0.1) is 33.2 Å². The molecule has 1 unspecified atom stereocenters. The van der Waals surface area contributed by atoms with Gasteiger partial charge in [0.15, 0.2) is 0 Å². The summed E-state index contributed by atoms with van der Waals surface area (Å²) in [5.74, 6) is 0. The van der Waals surface area contributed by atoms with Crippen LogP contribution in [-0.2, 0) is 5.41 Å². The lowest BCUT2D eigenvalue weighted by Crippen LogP contribution is -2.37. The largest absolute Gasteiger partial charge is 0.309 e. The first-order valence-corrected chi connectivity index (χ1v) is 18.1. The van der Waals surface area contributed by atoms with Crippen LogP contribution in [0.4, 0.5) is 0 Å². The van der Waals surface area contributed by atoms with Gasteiger partial charge in [-0.2, -0.15) is 0 Å². The summed E-state index contributed by atoms with van der Waals surface area (Å²) >= 11 is 1.94. The second kappa shape index (κ2) is 9.56. The molecule has 2 aliphatic rings. The van der Waals surface area contributed by atoms with Crippen molar-refractivity contribution in [3.05, 3.63) is 192 Å². The lowest BCUT2D eigenvalue weighted by molar-refractivity contribution is 0.692. The molecule has 3 heteroatoms. The maximum atomic E-state index is 2.52. The van der Waals surface area contributed by atoms with E-state index < -0.39 is 5.41 Å². The summed E-state index contributed by atoms with van der Waals surface area (Å²) in [5.41, 5.74) is 12.3. The summed E-state index contributed by atoms with van der Waals surface area (Å²) < 4.78 is 4.99. The standard InChI is InChI=1S/C47H28N2S/c1-2-13-30-28-31(25-24-29(30)12-1)48-40-21-8-4-15-34(40)44-42(48)27-26-38-46(44)50-43-23-10-6-18-36(43)47(38)35-17-5-9-22-41(35)49-39-20-7-3-14-32(39)33-16-11-19-37(47)45(33)49/h1-28H. The quantitative estimate of drug-likeness (QED) is 0.172. The molecule has 1 atom stereocenters. The summed E-state index contributed by atoms with van der Waals surface area (Å²) in [5, 5.41) is 7.71. The van der Waals surface area contributed by atoms with Gasteiger partial charge in [-0.25, -0.2) is 0 Å². The summed E-state index contributed by atoms with van der Waals surface area (Å²) in [6, 6.07) is 63.5. The first-order chi connectivity index (χ1) is 24.8. The Balaban J connectivity index is 1.27. The Kier molecular flexibility index (Phi) is 5.14. The van der Waals surface area contributed by atoms with Crippen LogP contribution in [0.3, 0.4) is 0 Å². The highest BCUT2D eigenvalue weighted by molar-refractivity contribution is 7.99. The smallest absolute Gasteiger partial charge is 0.0764 e. The van der Waals surface area contributed by atoms with Crippen LogP contribution in [0.1, 0.15) is 22.3 Å². The minimum absolute atomic E-state index is 0.502. The maximum Gasteiger partial charge on any atom is 0.0764 e. The van der Waals surface area contributed by atoms with Gasteiger partial charge in [0.25, 0.3) is 0 Å². The molecule has 0 N–H and O–H groups in total. The number of aromatic nitrogens is 2. The van der Waals surface area contributed by atoms with E-state index >= 15 is 0 Å². The number of hydrogen-bond acceptors (Lipinski definition) is 1. The second-order valence-electron chi connectivity index (χ2n) is 13.6. The van der Waals surface area contributed by atoms with Crippen LogP contribution >= 0.6 is 11.8 Å². The van der Waals surface area contributed by atoms with Crippen molar-refractivity contribution in [1.29, 1.82) is 0 Å². The molecule has 1 spiro atoms. The third-order valence-electron chi connectivity index (χ3n) is 11.3. The first-order valence-electron chi connectivity index (χ1n) is 17.3. The van der Waals surface area contributed by atoms with Crippen molar-refractivity contribution in [1.82, 2.24) is 9.13 Å². The van der Waals surface area contributed by atoms with E-state index in [4.69, 9.17) is 0 Å². The lowest BCUT2D eigenvalue weighted by atomic mass is 9.62. The molecule has 2 nitrogen and oxygen atoms in total. The summed E-state index contributed by atoms with van der Waals surface area (Å²) in [6.07, 6.45) is 0. The zero-order valence-corrected chi connectivity index (χ0v) is 27.8. The van der Waals surface area contributed by atoms with E-state index in [0.29, 0.717) is 0 Å². The minimum atomic E-state index is -0.502. The molecule has 12 rings (SSSR count). The number of rotatable bonds is 1. The van der Waals surface area contributed by atoms with E-state index in [0.717, 1.165) is 0 Å². The van der Waals surface area contributed by atoms with Crippen molar-refractivity contribution in [3.63, 3.8) is 0 Å². The topological polar surface area (TPSA) is 9.86 Å². The Morgan fingerprint density at radius 3 is 2.00 bits per heavy atom. The molecule has 0 amide bonds. The SMILES string of the molecule is c1ccc2c(c1)Sc1c(ccc3c1c1ccccc1n3-c1ccc3ccccc3c1)C21c2ccccc2-n2c3ccccc3c3cccc1c32. The highest BCUT2D eigenvalue weighted by Gasteiger charge is 2.50. The molecule has 8 aromatic carbocycles. The molecule has 0 aliphatic carbocycles. The normalized spacial score (nSPS) is 16.0. The molecule has 0 bridgehead atoms. The van der Waals surface area contributed by atoms with Crippen LogP contribution in [0.5, 0.6) is 0 Å². The van der Waals surface area contributed by atoms with E-state index in [1.54, 1.807) is 0 Å². The summed E-state index contributed by atoms with van der Waals surface area (Å²) in [4.78, 5) is 2.65. The molecular formula is C47H28N2S. The fourth-order valence-electron chi connectivity index (χ4n) is 9.43. The van der Waals surface area contributed by atoms with Crippen LogP contribution in [0.15, 0.2) is 180 Å². The highest BCUT2D eigenvalue weighted by Crippen LogP contribution is 2.62. The van der Waals surface area contributed by atoms with Crippen LogP contribution in [0.25, 0.3) is 65.8 Å². The molecule has 10 aromatic rings. The fourth-order valence-corrected chi connectivity index (χ4v) is 10.8. The van der Waals surface area contributed by atoms with Gasteiger partial charge in [0.1, 0.15) is 0 Å². The molecule has 4 heterocycles. The Labute approximate surface area is 292 Å². The van der Waals surface area contributed by atoms with Gasteiger partial charge in [-0.05, 0) is 75.5 Å². The molecule has 0 radical (unpaired) electrons. The van der Waals surface area contributed by atoms with Crippen LogP contribution in [-0.4, -0.2) is 9.13 Å². The Morgan fingerprint density at radius 1 is 0.420 bits per heavy atom. The molecule has 2 aromatic heterocycles. The number of para-hydroxylation sites is 4. The lowest BCUT2D eigenvalue weighted by Gasteiger charge is -2.45. The van der Waals surface area contributed by atoms with Crippen molar-refractivity contribution in [2.75, 3.05) is 0 Å². The van der Waals surface area contributed by atoms with E-state index in [1.165, 1.54) is 97.8 Å². The predicted octanol–water partition coefficient (Wildman–Crippen LogP) is 12.2. The number of benzene rings is 8. The monoisotopic (exact) mass is 652 g/mol. The van der Waals surface area contributed by atoms with Crippen molar-refractivity contribution in [2.24, 2.45) is 0 Å². The van der Waals surface area contributed by atoms with Crippen LogP contribution < -0.4 is 0 Å². The molecular weight excluding hydrogens is 625 g/mol. The van der Waals surface area contributed by atoms with Gasteiger partial charge < -0.3 is 9.13 Å². The average molecular weight is 653 g/mol. The third kappa shape index (κ3) is 3.17. The maximum absolute atomic E-state index is 2.52. The van der Waals surface area contributed by atoms with Gasteiger partial charge in [0.2, 0.25) is 0 Å². The Hall–Kier alpha value is -6.03. The molecule has 0 saturated carbocycles.